The molecule has 0 fully saturated rings. The van der Waals surface area contributed by atoms with Crippen LogP contribution in [0.4, 0.5) is 4.79 Å². The van der Waals surface area contributed by atoms with Crippen molar-refractivity contribution >= 4 is 18.0 Å². The minimum atomic E-state index is -1.50. The molecule has 0 saturated heterocycles. The molecule has 1 unspecified atom stereocenters. The highest BCUT2D eigenvalue weighted by Gasteiger charge is 2.38. The molecule has 33 heavy (non-hydrogen) atoms. The van der Waals surface area contributed by atoms with Gasteiger partial charge in [-0.25, -0.2) is 9.59 Å². The van der Waals surface area contributed by atoms with Crippen LogP contribution >= 0.6 is 0 Å². The fourth-order valence-corrected chi connectivity index (χ4v) is 4.23. The van der Waals surface area contributed by atoms with Crippen LogP contribution in [0.25, 0.3) is 11.1 Å². The fraction of sp³-hybridized carbons (Fsp3) is 0.400. The van der Waals surface area contributed by atoms with E-state index >= 15 is 0 Å². The molecule has 0 aliphatic heterocycles. The van der Waals surface area contributed by atoms with E-state index in [1.165, 1.54) is 7.11 Å². The number of hydrogen-bond acceptors (Lipinski definition) is 5. The number of nitrogens with one attached hydrogen (secondary N) is 2. The van der Waals surface area contributed by atoms with E-state index in [0.717, 1.165) is 22.3 Å². The van der Waals surface area contributed by atoms with Gasteiger partial charge in [-0.05, 0) is 35.6 Å². The third-order valence-corrected chi connectivity index (χ3v) is 5.98. The number of carbonyl (C=O) groups excluding carboxylic acids is 2. The summed E-state index contributed by atoms with van der Waals surface area (Å²) in [5.41, 5.74) is 3.00. The molecule has 1 aliphatic rings. The average molecular weight is 455 g/mol. The second kappa shape index (κ2) is 10.5. The lowest BCUT2D eigenvalue weighted by molar-refractivity contribution is -0.150. The molecule has 8 heteroatoms. The highest BCUT2D eigenvalue weighted by Crippen LogP contribution is 2.44. The largest absolute Gasteiger partial charge is 0.479 e. The maximum Gasteiger partial charge on any atom is 0.407 e. The predicted molar refractivity (Wildman–Crippen MR) is 123 cm³/mol. The van der Waals surface area contributed by atoms with Crippen molar-refractivity contribution in [3.63, 3.8) is 0 Å². The Kier molecular flexibility index (Phi) is 7.71. The van der Waals surface area contributed by atoms with Crippen molar-refractivity contribution in [2.24, 2.45) is 0 Å². The van der Waals surface area contributed by atoms with Crippen molar-refractivity contribution in [2.75, 3.05) is 20.3 Å². The minimum absolute atomic E-state index is 0.0588. The number of carboxylic acid groups (broad SMARTS) is 1. The average Bonchev–Trinajstić information content (AvgIpc) is 3.10. The third-order valence-electron chi connectivity index (χ3n) is 5.98. The number of carboxylic acids is 1. The number of ether oxygens (including phenoxy) is 2. The molecule has 1 aliphatic carbocycles. The summed E-state index contributed by atoms with van der Waals surface area (Å²) < 4.78 is 10.5. The lowest BCUT2D eigenvalue weighted by Crippen LogP contribution is -2.58. The summed E-state index contributed by atoms with van der Waals surface area (Å²) in [6.45, 7) is 3.33. The second-order valence-electron chi connectivity index (χ2n) is 8.30. The molecule has 2 amide bonds. The summed E-state index contributed by atoms with van der Waals surface area (Å²) in [4.78, 5) is 36.4. The van der Waals surface area contributed by atoms with Crippen LogP contribution in [0.3, 0.4) is 0 Å². The van der Waals surface area contributed by atoms with Crippen LogP contribution in [0, 0.1) is 0 Å². The van der Waals surface area contributed by atoms with Crippen LogP contribution < -0.4 is 10.6 Å². The summed E-state index contributed by atoms with van der Waals surface area (Å²) in [7, 11) is 1.38. The van der Waals surface area contributed by atoms with Crippen molar-refractivity contribution in [3.05, 3.63) is 59.7 Å². The minimum Gasteiger partial charge on any atom is -0.479 e. The molecule has 0 bridgehead atoms. The number of hydrogen-bond donors (Lipinski definition) is 3. The zero-order valence-electron chi connectivity index (χ0n) is 19.1. The Morgan fingerprint density at radius 1 is 1.06 bits per heavy atom. The molecule has 0 heterocycles. The number of alkyl carbamates (subject to hydrolysis) is 1. The predicted octanol–water partition coefficient (Wildman–Crippen LogP) is 3.30. The van der Waals surface area contributed by atoms with Gasteiger partial charge in [0, 0.05) is 25.5 Å². The summed E-state index contributed by atoms with van der Waals surface area (Å²) in [6, 6.07) is 15.6. The van der Waals surface area contributed by atoms with Gasteiger partial charge < -0.3 is 25.2 Å². The van der Waals surface area contributed by atoms with Gasteiger partial charge in [0.15, 0.2) is 5.54 Å². The highest BCUT2D eigenvalue weighted by atomic mass is 16.5. The van der Waals surface area contributed by atoms with E-state index in [0.29, 0.717) is 0 Å². The van der Waals surface area contributed by atoms with Crippen LogP contribution in [0.5, 0.6) is 0 Å². The molecule has 2 atom stereocenters. The molecule has 0 saturated carbocycles. The van der Waals surface area contributed by atoms with Gasteiger partial charge in [0.25, 0.3) is 0 Å². The Labute approximate surface area is 193 Å². The van der Waals surface area contributed by atoms with Gasteiger partial charge >= 0.3 is 12.1 Å². The smallest absolute Gasteiger partial charge is 0.407 e. The summed E-state index contributed by atoms with van der Waals surface area (Å²) in [5, 5.41) is 14.7. The summed E-state index contributed by atoms with van der Waals surface area (Å²) in [5.74, 6) is -1.73. The van der Waals surface area contributed by atoms with E-state index in [9.17, 15) is 19.5 Å². The highest BCUT2D eigenvalue weighted by molar-refractivity contribution is 5.87. The Bertz CT molecular complexity index is 978. The Morgan fingerprint density at radius 3 is 2.15 bits per heavy atom. The normalized spacial score (nSPS) is 15.0. The zero-order chi connectivity index (χ0) is 24.0. The molecular formula is C25H30N2O6. The number of aliphatic carboxylic acids is 1. The first-order chi connectivity index (χ1) is 15.8. The van der Waals surface area contributed by atoms with E-state index in [4.69, 9.17) is 9.47 Å². The van der Waals surface area contributed by atoms with Crippen molar-refractivity contribution in [1.82, 2.24) is 10.6 Å². The van der Waals surface area contributed by atoms with Crippen molar-refractivity contribution < 1.29 is 29.0 Å². The molecule has 2 aromatic carbocycles. The van der Waals surface area contributed by atoms with Crippen molar-refractivity contribution in [3.8, 4) is 11.1 Å². The van der Waals surface area contributed by atoms with Gasteiger partial charge in [-0.3, -0.25) is 4.79 Å². The lowest BCUT2D eigenvalue weighted by atomic mass is 9.97. The number of carbonyl (C=O) groups is 3. The van der Waals surface area contributed by atoms with Crippen LogP contribution in [0.1, 0.15) is 43.7 Å². The van der Waals surface area contributed by atoms with E-state index in [1.54, 1.807) is 13.8 Å². The topological polar surface area (TPSA) is 114 Å². The maximum atomic E-state index is 12.4. The molecule has 8 nitrogen and oxygen atoms in total. The molecule has 3 N–H and O–H groups in total. The molecule has 3 rings (SSSR count). The van der Waals surface area contributed by atoms with Gasteiger partial charge in [-0.2, -0.15) is 0 Å². The third kappa shape index (κ3) is 5.34. The quantitative estimate of drug-likeness (QED) is 0.508. The van der Waals surface area contributed by atoms with Crippen LogP contribution in [-0.2, 0) is 19.1 Å². The fourth-order valence-electron chi connectivity index (χ4n) is 4.23. The van der Waals surface area contributed by atoms with Crippen LogP contribution in [0.15, 0.2) is 48.5 Å². The molecule has 2 aromatic rings. The molecule has 0 radical (unpaired) electrons. The first-order valence-corrected chi connectivity index (χ1v) is 11.0. The standard InChI is InChI=1S/C25H30N2O6/c1-4-25(15-32-3,23(29)30)27-22(28)13-16(2)26-24(31)33-14-21-19-11-7-5-9-17(19)18-10-6-8-12-20(18)21/h5-12,16,21H,4,13-15H2,1-3H3,(H,26,31)(H,27,28)(H,29,30)/t16-,25?/m1/s1. The van der Waals surface area contributed by atoms with Gasteiger partial charge in [-0.1, -0.05) is 55.5 Å². The molecule has 176 valence electrons. The van der Waals surface area contributed by atoms with Crippen LogP contribution in [0.2, 0.25) is 0 Å². The maximum absolute atomic E-state index is 12.4. The zero-order valence-corrected chi connectivity index (χ0v) is 19.1. The van der Waals surface area contributed by atoms with Gasteiger partial charge in [0.2, 0.25) is 5.91 Å². The molecular weight excluding hydrogens is 424 g/mol. The molecule has 0 spiro atoms. The van der Waals surface area contributed by atoms with Gasteiger partial charge in [0.05, 0.1) is 6.61 Å². The second-order valence-corrected chi connectivity index (χ2v) is 8.30. The number of fused-ring (bicyclic) bond motifs is 3. The molecule has 0 aromatic heterocycles. The first kappa shape index (κ1) is 24.3. The SMILES string of the molecule is CCC(COC)(NC(=O)C[C@@H](C)NC(=O)OCC1c2ccccc2-c2ccccc21)C(=O)O. The number of benzene rings is 2. The number of amides is 2. The summed E-state index contributed by atoms with van der Waals surface area (Å²) >= 11 is 0. The van der Waals surface area contributed by atoms with Gasteiger partial charge in [0.1, 0.15) is 6.61 Å². The Morgan fingerprint density at radius 2 is 1.64 bits per heavy atom. The number of methoxy groups -OCH3 is 1. The van der Waals surface area contributed by atoms with E-state index in [1.807, 2.05) is 36.4 Å². The lowest BCUT2D eigenvalue weighted by Gasteiger charge is -2.29. The summed E-state index contributed by atoms with van der Waals surface area (Å²) in [6.07, 6.45) is -0.562. The monoisotopic (exact) mass is 454 g/mol. The van der Waals surface area contributed by atoms with E-state index in [-0.39, 0.29) is 32.0 Å². The Balaban J connectivity index is 1.55. The first-order valence-electron chi connectivity index (χ1n) is 11.0. The van der Waals surface area contributed by atoms with E-state index in [2.05, 4.69) is 22.8 Å². The van der Waals surface area contributed by atoms with Crippen LogP contribution in [-0.4, -0.2) is 55.0 Å². The Hall–Kier alpha value is -3.39. The van der Waals surface area contributed by atoms with E-state index < -0.39 is 29.6 Å². The number of rotatable bonds is 10. The van der Waals surface area contributed by atoms with Crippen molar-refractivity contribution in [1.29, 1.82) is 0 Å². The van der Waals surface area contributed by atoms with Gasteiger partial charge in [-0.15, -0.1) is 0 Å². The van der Waals surface area contributed by atoms with Crippen molar-refractivity contribution in [2.45, 2.75) is 44.2 Å².